The van der Waals surface area contributed by atoms with Gasteiger partial charge in [0.1, 0.15) is 5.75 Å². The van der Waals surface area contributed by atoms with Crippen LogP contribution in [0.1, 0.15) is 25.3 Å². The maximum absolute atomic E-state index is 13.1. The highest BCUT2D eigenvalue weighted by Gasteiger charge is 2.30. The minimum atomic E-state index is -3.62. The average molecular weight is 403 g/mol. The molecule has 0 bridgehead atoms. The van der Waals surface area contributed by atoms with Crippen molar-refractivity contribution in [2.24, 2.45) is 5.92 Å². The van der Waals surface area contributed by atoms with Gasteiger partial charge in [0.05, 0.1) is 11.5 Å². The molecule has 0 aliphatic carbocycles. The van der Waals surface area contributed by atoms with Gasteiger partial charge in [-0.2, -0.15) is 4.31 Å². The number of nitrogens with one attached hydrogen (secondary N) is 1. The summed E-state index contributed by atoms with van der Waals surface area (Å²) in [5, 5.41) is 2.63. The zero-order valence-electron chi connectivity index (χ0n) is 16.2. The number of sulfonamides is 1. The Hall–Kier alpha value is -2.38. The zero-order chi connectivity index (χ0) is 20.1. The second-order valence-corrected chi connectivity index (χ2v) is 9.09. The summed E-state index contributed by atoms with van der Waals surface area (Å²) in [6.07, 6.45) is 1.73. The molecule has 1 fully saturated rings. The van der Waals surface area contributed by atoms with Crippen LogP contribution in [0.15, 0.2) is 53.4 Å². The normalized spacial score (nSPS) is 17.9. The summed E-state index contributed by atoms with van der Waals surface area (Å²) in [6.45, 7) is 4.80. The number of para-hydroxylation sites is 1. The lowest BCUT2D eigenvalue weighted by molar-refractivity contribution is -0.114. The molecule has 1 N–H and O–H groups in total. The summed E-state index contributed by atoms with van der Waals surface area (Å²) in [4.78, 5) is 11.4. The quantitative estimate of drug-likeness (QED) is 0.803. The zero-order valence-corrected chi connectivity index (χ0v) is 17.0. The number of ether oxygens (including phenoxy) is 1. The number of nitrogens with zero attached hydrogens (tertiary/aromatic N) is 1. The second-order valence-electron chi connectivity index (χ2n) is 7.16. The minimum Gasteiger partial charge on any atom is -0.493 e. The van der Waals surface area contributed by atoms with E-state index in [1.165, 1.54) is 17.3 Å². The Morgan fingerprint density at radius 1 is 1.21 bits per heavy atom. The molecule has 28 heavy (non-hydrogen) atoms. The van der Waals surface area contributed by atoms with Crippen molar-refractivity contribution in [3.05, 3.63) is 54.1 Å². The molecular weight excluding hydrogens is 376 g/mol. The predicted molar refractivity (Wildman–Crippen MR) is 109 cm³/mol. The number of carbonyl (C=O) groups is 1. The van der Waals surface area contributed by atoms with Crippen molar-refractivity contribution in [3.8, 4) is 5.75 Å². The summed E-state index contributed by atoms with van der Waals surface area (Å²) < 4.78 is 33.6. The number of piperidine rings is 1. The largest absolute Gasteiger partial charge is 0.493 e. The van der Waals surface area contributed by atoms with Gasteiger partial charge in [0.25, 0.3) is 0 Å². The molecule has 0 saturated carbocycles. The van der Waals surface area contributed by atoms with Gasteiger partial charge >= 0.3 is 0 Å². The van der Waals surface area contributed by atoms with Crippen LogP contribution in [0.5, 0.6) is 5.75 Å². The van der Waals surface area contributed by atoms with E-state index in [2.05, 4.69) is 5.32 Å². The van der Waals surface area contributed by atoms with Crippen molar-refractivity contribution in [3.63, 3.8) is 0 Å². The molecule has 0 spiro atoms. The summed E-state index contributed by atoms with van der Waals surface area (Å²) in [6, 6.07) is 14.2. The number of benzene rings is 2. The van der Waals surface area contributed by atoms with Gasteiger partial charge in [-0.15, -0.1) is 0 Å². The fourth-order valence-electron chi connectivity index (χ4n) is 3.39. The van der Waals surface area contributed by atoms with Gasteiger partial charge < -0.3 is 10.1 Å². The molecule has 0 radical (unpaired) electrons. The van der Waals surface area contributed by atoms with Crippen LogP contribution >= 0.6 is 0 Å². The van der Waals surface area contributed by atoms with Crippen LogP contribution in [0, 0.1) is 12.8 Å². The van der Waals surface area contributed by atoms with Gasteiger partial charge in [-0.3, -0.25) is 4.79 Å². The molecule has 1 atom stereocenters. The van der Waals surface area contributed by atoms with Gasteiger partial charge in [0.2, 0.25) is 15.9 Å². The highest BCUT2D eigenvalue weighted by molar-refractivity contribution is 7.89. The van der Waals surface area contributed by atoms with Crippen molar-refractivity contribution in [1.29, 1.82) is 0 Å². The van der Waals surface area contributed by atoms with Crippen molar-refractivity contribution < 1.29 is 17.9 Å². The Labute approximate surface area is 166 Å². The minimum absolute atomic E-state index is 0.140. The summed E-state index contributed by atoms with van der Waals surface area (Å²) in [7, 11) is -3.62. The molecule has 1 aliphatic heterocycles. The van der Waals surface area contributed by atoms with Gasteiger partial charge in [0, 0.05) is 31.6 Å². The van der Waals surface area contributed by atoms with Crippen molar-refractivity contribution in [2.75, 3.05) is 25.0 Å². The Morgan fingerprint density at radius 2 is 2.00 bits per heavy atom. The van der Waals surface area contributed by atoms with Crippen LogP contribution in [0.25, 0.3) is 0 Å². The van der Waals surface area contributed by atoms with Crippen molar-refractivity contribution in [2.45, 2.75) is 31.6 Å². The Kier molecular flexibility index (Phi) is 6.36. The SMILES string of the molecule is CC(=O)Nc1cccc(S(=O)(=O)N2CCCC(COc3ccccc3C)C2)c1. The van der Waals surface area contributed by atoms with Gasteiger partial charge in [0.15, 0.2) is 0 Å². The second kappa shape index (κ2) is 8.75. The molecule has 7 heteroatoms. The summed E-state index contributed by atoms with van der Waals surface area (Å²) in [5.41, 5.74) is 1.54. The first-order valence-electron chi connectivity index (χ1n) is 9.42. The highest BCUT2D eigenvalue weighted by Crippen LogP contribution is 2.26. The first-order chi connectivity index (χ1) is 13.4. The van der Waals surface area contributed by atoms with E-state index in [1.54, 1.807) is 18.2 Å². The first-order valence-corrected chi connectivity index (χ1v) is 10.9. The van der Waals surface area contributed by atoms with E-state index in [-0.39, 0.29) is 16.7 Å². The Balaban J connectivity index is 1.69. The number of hydrogen-bond acceptors (Lipinski definition) is 4. The molecule has 2 aromatic rings. The van der Waals surface area contributed by atoms with Crippen LogP contribution in [0.4, 0.5) is 5.69 Å². The lowest BCUT2D eigenvalue weighted by Crippen LogP contribution is -2.41. The summed E-state index contributed by atoms with van der Waals surface area (Å²) in [5.74, 6) is 0.744. The van der Waals surface area contributed by atoms with Crippen LogP contribution in [-0.4, -0.2) is 38.3 Å². The average Bonchev–Trinajstić information content (AvgIpc) is 2.67. The number of rotatable bonds is 6. The fraction of sp³-hybridized carbons (Fsp3) is 0.381. The fourth-order valence-corrected chi connectivity index (χ4v) is 4.99. The molecule has 2 aromatic carbocycles. The molecule has 3 rings (SSSR count). The molecule has 0 aromatic heterocycles. The van der Waals surface area contributed by atoms with Gasteiger partial charge in [-0.25, -0.2) is 8.42 Å². The lowest BCUT2D eigenvalue weighted by Gasteiger charge is -2.32. The van der Waals surface area contributed by atoms with Gasteiger partial charge in [-0.05, 0) is 49.6 Å². The molecule has 1 aliphatic rings. The van der Waals surface area contributed by atoms with E-state index in [0.717, 1.165) is 24.2 Å². The number of hydrogen-bond donors (Lipinski definition) is 1. The van der Waals surface area contributed by atoms with Crippen LogP contribution in [0.3, 0.4) is 0 Å². The van der Waals surface area contributed by atoms with Crippen molar-refractivity contribution >= 4 is 21.6 Å². The molecular formula is C21H26N2O4S. The van der Waals surface area contributed by atoms with E-state index in [9.17, 15) is 13.2 Å². The molecule has 6 nitrogen and oxygen atoms in total. The third-order valence-corrected chi connectivity index (χ3v) is 6.70. The number of anilines is 1. The third-order valence-electron chi connectivity index (χ3n) is 4.84. The number of aryl methyl sites for hydroxylation is 1. The maximum Gasteiger partial charge on any atom is 0.243 e. The van der Waals surface area contributed by atoms with Crippen LogP contribution in [0.2, 0.25) is 0 Å². The predicted octanol–water partition coefficient (Wildman–Crippen LogP) is 3.43. The Morgan fingerprint density at radius 3 is 2.75 bits per heavy atom. The molecule has 1 amide bonds. The van der Waals surface area contributed by atoms with E-state index < -0.39 is 10.0 Å². The molecule has 1 heterocycles. The van der Waals surface area contributed by atoms with Gasteiger partial charge in [-0.1, -0.05) is 24.3 Å². The smallest absolute Gasteiger partial charge is 0.243 e. The number of carbonyl (C=O) groups excluding carboxylic acids is 1. The number of amides is 1. The van der Waals surface area contributed by atoms with Crippen LogP contribution < -0.4 is 10.1 Å². The highest BCUT2D eigenvalue weighted by atomic mass is 32.2. The van der Waals surface area contributed by atoms with Crippen LogP contribution in [-0.2, 0) is 14.8 Å². The standard InChI is InChI=1S/C21H26N2O4S/c1-16-7-3-4-11-21(16)27-15-18-8-6-12-23(14-18)28(25,26)20-10-5-9-19(13-20)22-17(2)24/h3-5,7,9-11,13,18H,6,8,12,14-15H2,1-2H3,(H,22,24). The third kappa shape index (κ3) is 4.91. The van der Waals surface area contributed by atoms with E-state index in [0.29, 0.717) is 25.4 Å². The molecule has 150 valence electrons. The maximum atomic E-state index is 13.1. The van der Waals surface area contributed by atoms with E-state index in [1.807, 2.05) is 31.2 Å². The molecule has 1 saturated heterocycles. The monoisotopic (exact) mass is 402 g/mol. The van der Waals surface area contributed by atoms with E-state index >= 15 is 0 Å². The Bertz CT molecular complexity index is 943. The first kappa shape index (κ1) is 20.4. The topological polar surface area (TPSA) is 75.7 Å². The lowest BCUT2D eigenvalue weighted by atomic mass is 10.0. The van der Waals surface area contributed by atoms with Crippen molar-refractivity contribution in [1.82, 2.24) is 4.31 Å². The molecule has 1 unspecified atom stereocenters. The van der Waals surface area contributed by atoms with E-state index in [4.69, 9.17) is 4.74 Å². The summed E-state index contributed by atoms with van der Waals surface area (Å²) >= 11 is 0.